The first-order valence-corrected chi connectivity index (χ1v) is 10.5. The second-order valence-electron chi connectivity index (χ2n) is 6.63. The predicted molar refractivity (Wildman–Crippen MR) is 118 cm³/mol. The number of carbonyl (C=O) groups is 2. The Morgan fingerprint density at radius 2 is 1.70 bits per heavy atom. The molecule has 30 heavy (non-hydrogen) atoms. The molecule has 8 heteroatoms. The molecule has 158 valence electrons. The van der Waals surface area contributed by atoms with Crippen molar-refractivity contribution in [2.24, 2.45) is 4.99 Å². The van der Waals surface area contributed by atoms with E-state index in [1.807, 2.05) is 55.5 Å². The summed E-state index contributed by atoms with van der Waals surface area (Å²) < 4.78 is 10.4. The summed E-state index contributed by atoms with van der Waals surface area (Å²) in [5.74, 6) is 1.19. The Bertz CT molecular complexity index is 913. The number of hydrogen-bond acceptors (Lipinski definition) is 6. The second-order valence-corrected chi connectivity index (χ2v) is 7.80. The lowest BCUT2D eigenvalue weighted by Crippen LogP contribution is -2.46. The molecule has 1 saturated heterocycles. The van der Waals surface area contributed by atoms with E-state index in [1.54, 1.807) is 19.1 Å². The summed E-state index contributed by atoms with van der Waals surface area (Å²) in [6, 6.07) is 14.8. The van der Waals surface area contributed by atoms with Gasteiger partial charge in [0.15, 0.2) is 5.17 Å². The van der Waals surface area contributed by atoms with Gasteiger partial charge >= 0.3 is 0 Å². The van der Waals surface area contributed by atoms with E-state index in [9.17, 15) is 9.59 Å². The Balaban J connectivity index is 1.89. The third-order valence-electron chi connectivity index (χ3n) is 4.58. The molecule has 1 fully saturated rings. The molecule has 0 spiro atoms. The molecule has 0 radical (unpaired) electrons. The molecule has 3 rings (SSSR count). The van der Waals surface area contributed by atoms with Crippen LogP contribution in [0.1, 0.15) is 18.9 Å². The number of nitrogens with zero attached hydrogens (tertiary/aromatic N) is 2. The Labute approximate surface area is 180 Å². The molecule has 1 heterocycles. The number of carbonyl (C=O) groups excluding carboxylic acids is 2. The van der Waals surface area contributed by atoms with Crippen molar-refractivity contribution in [3.63, 3.8) is 0 Å². The normalized spacial score (nSPS) is 17.7. The summed E-state index contributed by atoms with van der Waals surface area (Å²) in [6.45, 7) is 2.74. The molecule has 1 atom stereocenters. The molecule has 0 aliphatic carbocycles. The highest BCUT2D eigenvalue weighted by molar-refractivity contribution is 8.15. The average molecular weight is 428 g/mol. The molecule has 0 unspecified atom stereocenters. The maximum absolute atomic E-state index is 12.9. The third kappa shape index (κ3) is 5.33. The van der Waals surface area contributed by atoms with Gasteiger partial charge in [0, 0.05) is 13.0 Å². The molecule has 1 N–H and O–H groups in total. The van der Waals surface area contributed by atoms with Crippen LogP contribution in [-0.2, 0) is 16.1 Å². The third-order valence-corrected chi connectivity index (χ3v) is 5.77. The van der Waals surface area contributed by atoms with Crippen LogP contribution < -0.4 is 14.8 Å². The van der Waals surface area contributed by atoms with E-state index >= 15 is 0 Å². The van der Waals surface area contributed by atoms with Gasteiger partial charge in [0.05, 0.1) is 31.7 Å². The molecular formula is C22H25N3O4S. The van der Waals surface area contributed by atoms with Crippen molar-refractivity contribution >= 4 is 34.4 Å². The SMILES string of the molecule is CCNC(=O)[C@H]1CC(=O)N(Cc2ccc(OC)cc2)C(=Nc2ccc(OC)cc2)S1. The van der Waals surface area contributed by atoms with Crippen LogP contribution in [-0.4, -0.2) is 47.9 Å². The molecule has 0 bridgehead atoms. The van der Waals surface area contributed by atoms with Gasteiger partial charge in [0.1, 0.15) is 11.5 Å². The molecule has 2 aromatic rings. The van der Waals surface area contributed by atoms with E-state index < -0.39 is 5.25 Å². The van der Waals surface area contributed by atoms with Crippen molar-refractivity contribution in [3.8, 4) is 11.5 Å². The minimum Gasteiger partial charge on any atom is -0.497 e. The lowest BCUT2D eigenvalue weighted by molar-refractivity contribution is -0.130. The summed E-state index contributed by atoms with van der Waals surface area (Å²) >= 11 is 1.31. The number of thioether (sulfide) groups is 1. The van der Waals surface area contributed by atoms with E-state index in [0.29, 0.717) is 23.9 Å². The number of hydrogen-bond donors (Lipinski definition) is 1. The van der Waals surface area contributed by atoms with E-state index in [-0.39, 0.29) is 18.2 Å². The van der Waals surface area contributed by atoms with E-state index in [1.165, 1.54) is 11.8 Å². The Morgan fingerprint density at radius 3 is 2.27 bits per heavy atom. The number of rotatable bonds is 7. The van der Waals surface area contributed by atoms with Gasteiger partial charge in [-0.3, -0.25) is 14.5 Å². The first kappa shape index (κ1) is 21.7. The highest BCUT2D eigenvalue weighted by Crippen LogP contribution is 2.31. The highest BCUT2D eigenvalue weighted by Gasteiger charge is 2.35. The van der Waals surface area contributed by atoms with Crippen molar-refractivity contribution < 1.29 is 19.1 Å². The van der Waals surface area contributed by atoms with Crippen molar-refractivity contribution in [3.05, 3.63) is 54.1 Å². The Morgan fingerprint density at radius 1 is 1.10 bits per heavy atom. The molecule has 2 amide bonds. The summed E-state index contributed by atoms with van der Waals surface area (Å²) in [6.07, 6.45) is 0.133. The number of aliphatic imine (C=N–C) groups is 1. The summed E-state index contributed by atoms with van der Waals surface area (Å²) in [5, 5.41) is 2.80. The van der Waals surface area contributed by atoms with Gasteiger partial charge in [-0.25, -0.2) is 4.99 Å². The van der Waals surface area contributed by atoms with Crippen LogP contribution in [0.2, 0.25) is 0 Å². The van der Waals surface area contributed by atoms with Gasteiger partial charge in [-0.2, -0.15) is 0 Å². The minimum absolute atomic E-state index is 0.131. The molecule has 2 aromatic carbocycles. The fourth-order valence-corrected chi connectivity index (χ4v) is 4.09. The number of amides is 2. The maximum atomic E-state index is 12.9. The Hall–Kier alpha value is -3.00. The highest BCUT2D eigenvalue weighted by atomic mass is 32.2. The Kier molecular flexibility index (Phi) is 7.35. The van der Waals surface area contributed by atoms with Gasteiger partial charge in [0.2, 0.25) is 11.8 Å². The van der Waals surface area contributed by atoms with Crippen LogP contribution in [0.3, 0.4) is 0 Å². The fraction of sp³-hybridized carbons (Fsp3) is 0.318. The first-order valence-electron chi connectivity index (χ1n) is 9.64. The number of nitrogens with one attached hydrogen (secondary N) is 1. The summed E-state index contributed by atoms with van der Waals surface area (Å²) in [5.41, 5.74) is 1.63. The molecular weight excluding hydrogens is 402 g/mol. The number of benzene rings is 2. The monoisotopic (exact) mass is 427 g/mol. The minimum atomic E-state index is -0.499. The molecule has 7 nitrogen and oxygen atoms in total. The van der Waals surface area contributed by atoms with Crippen LogP contribution in [0.4, 0.5) is 5.69 Å². The van der Waals surface area contributed by atoms with Gasteiger partial charge in [-0.15, -0.1) is 0 Å². The average Bonchev–Trinajstić information content (AvgIpc) is 2.77. The van der Waals surface area contributed by atoms with Crippen molar-refractivity contribution in [2.45, 2.75) is 25.1 Å². The standard InChI is InChI=1S/C22H25N3O4S/c1-4-23-21(27)19-13-20(26)25(14-15-5-9-17(28-2)10-6-15)22(30-19)24-16-7-11-18(29-3)12-8-16/h5-12,19H,4,13-14H2,1-3H3,(H,23,27)/t19-/m1/s1. The van der Waals surface area contributed by atoms with Crippen LogP contribution in [0.5, 0.6) is 11.5 Å². The van der Waals surface area contributed by atoms with E-state index in [4.69, 9.17) is 9.47 Å². The predicted octanol–water partition coefficient (Wildman–Crippen LogP) is 3.36. The molecule has 1 aliphatic rings. The van der Waals surface area contributed by atoms with Gasteiger partial charge in [-0.05, 0) is 48.9 Å². The first-order chi connectivity index (χ1) is 14.5. The van der Waals surface area contributed by atoms with Gasteiger partial charge in [-0.1, -0.05) is 23.9 Å². The van der Waals surface area contributed by atoms with Gasteiger partial charge < -0.3 is 14.8 Å². The maximum Gasteiger partial charge on any atom is 0.234 e. The number of amidine groups is 1. The van der Waals surface area contributed by atoms with Crippen molar-refractivity contribution in [1.82, 2.24) is 10.2 Å². The van der Waals surface area contributed by atoms with E-state index in [2.05, 4.69) is 10.3 Å². The number of ether oxygens (including phenoxy) is 2. The summed E-state index contributed by atoms with van der Waals surface area (Å²) in [4.78, 5) is 31.6. The number of methoxy groups -OCH3 is 2. The fourth-order valence-electron chi connectivity index (χ4n) is 2.97. The summed E-state index contributed by atoms with van der Waals surface area (Å²) in [7, 11) is 3.21. The van der Waals surface area contributed by atoms with Crippen LogP contribution in [0, 0.1) is 0 Å². The van der Waals surface area contributed by atoms with Crippen LogP contribution in [0.25, 0.3) is 0 Å². The molecule has 0 saturated carbocycles. The molecule has 1 aliphatic heterocycles. The smallest absolute Gasteiger partial charge is 0.234 e. The molecule has 0 aromatic heterocycles. The van der Waals surface area contributed by atoms with Crippen LogP contribution in [0.15, 0.2) is 53.5 Å². The van der Waals surface area contributed by atoms with Crippen LogP contribution >= 0.6 is 11.8 Å². The lowest BCUT2D eigenvalue weighted by atomic mass is 10.2. The van der Waals surface area contributed by atoms with Crippen molar-refractivity contribution in [2.75, 3.05) is 20.8 Å². The zero-order valence-corrected chi connectivity index (χ0v) is 18.1. The van der Waals surface area contributed by atoms with Gasteiger partial charge in [0.25, 0.3) is 0 Å². The zero-order chi connectivity index (χ0) is 21.5. The largest absolute Gasteiger partial charge is 0.497 e. The quantitative estimate of drug-likeness (QED) is 0.733. The zero-order valence-electron chi connectivity index (χ0n) is 17.3. The van der Waals surface area contributed by atoms with E-state index in [0.717, 1.165) is 17.1 Å². The topological polar surface area (TPSA) is 80.2 Å². The lowest BCUT2D eigenvalue weighted by Gasteiger charge is -2.31. The van der Waals surface area contributed by atoms with Crippen molar-refractivity contribution in [1.29, 1.82) is 0 Å². The second kappa shape index (κ2) is 10.2.